The zero-order valence-corrected chi connectivity index (χ0v) is 8.15. The van der Waals surface area contributed by atoms with Crippen LogP contribution in [0.3, 0.4) is 0 Å². The fourth-order valence-corrected chi connectivity index (χ4v) is 1.87. The lowest BCUT2D eigenvalue weighted by molar-refractivity contribution is 0.0419. The molecule has 0 amide bonds. The zero-order chi connectivity index (χ0) is 9.80. The van der Waals surface area contributed by atoms with Gasteiger partial charge in [0, 0.05) is 25.6 Å². The average Bonchev–Trinajstić information content (AvgIpc) is 2.72. The highest BCUT2D eigenvalue weighted by atomic mass is 16.5. The van der Waals surface area contributed by atoms with Crippen molar-refractivity contribution in [2.24, 2.45) is 5.92 Å². The molecule has 4 heteroatoms. The summed E-state index contributed by atoms with van der Waals surface area (Å²) in [7, 11) is 0. The summed E-state index contributed by atoms with van der Waals surface area (Å²) in [6, 6.07) is 0. The van der Waals surface area contributed by atoms with Gasteiger partial charge in [-0.3, -0.25) is 0 Å². The highest BCUT2D eigenvalue weighted by molar-refractivity contribution is 4.92. The molecular weight excluding hydrogens is 180 g/mol. The number of hydrogen-bond acceptors (Lipinski definition) is 3. The highest BCUT2D eigenvalue weighted by Gasteiger charge is 2.19. The molecule has 1 aliphatic heterocycles. The van der Waals surface area contributed by atoms with Crippen LogP contribution >= 0.6 is 0 Å². The van der Waals surface area contributed by atoms with Crippen molar-refractivity contribution < 1.29 is 9.84 Å². The Labute approximate surface area is 83.3 Å². The maximum atomic E-state index is 9.83. The van der Waals surface area contributed by atoms with E-state index in [0.717, 1.165) is 32.5 Å². The van der Waals surface area contributed by atoms with Crippen molar-refractivity contribution in [3.05, 3.63) is 18.2 Å². The summed E-state index contributed by atoms with van der Waals surface area (Å²) < 4.78 is 5.27. The Morgan fingerprint density at radius 3 is 3.00 bits per heavy atom. The van der Waals surface area contributed by atoms with Crippen LogP contribution in [0.4, 0.5) is 0 Å². The molecule has 2 heterocycles. The summed E-state index contributed by atoms with van der Waals surface area (Å²) in [6.07, 6.45) is 5.85. The van der Waals surface area contributed by atoms with Gasteiger partial charge in [-0.1, -0.05) is 0 Å². The molecule has 0 bridgehead atoms. The lowest BCUT2D eigenvalue weighted by Crippen LogP contribution is -2.18. The number of H-pyrrole nitrogens is 1. The molecule has 2 N–H and O–H groups in total. The number of aliphatic hydroxyl groups excluding tert-OH is 1. The molecule has 4 nitrogen and oxygen atoms in total. The molecule has 1 atom stereocenters. The van der Waals surface area contributed by atoms with Crippen LogP contribution < -0.4 is 0 Å². The molecule has 78 valence electrons. The number of nitrogens with zero attached hydrogens (tertiary/aromatic N) is 1. The Balaban J connectivity index is 1.84. The largest absolute Gasteiger partial charge is 0.385 e. The molecule has 0 saturated carbocycles. The Bertz CT molecular complexity index is 255. The molecular formula is C10H16N2O2. The van der Waals surface area contributed by atoms with E-state index in [1.807, 2.05) is 0 Å². The Morgan fingerprint density at radius 1 is 1.57 bits per heavy atom. The molecule has 1 aromatic heterocycles. The number of aromatic amines is 1. The molecule has 1 aliphatic rings. The number of hydrogen-bond donors (Lipinski definition) is 2. The van der Waals surface area contributed by atoms with Crippen LogP contribution in [0.15, 0.2) is 12.4 Å². The maximum absolute atomic E-state index is 9.83. The van der Waals surface area contributed by atoms with Gasteiger partial charge in [-0.25, -0.2) is 4.98 Å². The lowest BCUT2D eigenvalue weighted by atomic mass is 9.93. The van der Waals surface area contributed by atoms with E-state index >= 15 is 0 Å². The summed E-state index contributed by atoms with van der Waals surface area (Å²) >= 11 is 0. The van der Waals surface area contributed by atoms with E-state index in [1.54, 1.807) is 12.4 Å². The maximum Gasteiger partial charge on any atom is 0.135 e. The summed E-state index contributed by atoms with van der Waals surface area (Å²) in [5, 5.41) is 9.83. The van der Waals surface area contributed by atoms with E-state index in [4.69, 9.17) is 4.74 Å². The van der Waals surface area contributed by atoms with Crippen molar-refractivity contribution in [3.8, 4) is 0 Å². The predicted octanol–water partition coefficient (Wildman–Crippen LogP) is 1.26. The normalized spacial score (nSPS) is 20.9. The van der Waals surface area contributed by atoms with Gasteiger partial charge in [0.15, 0.2) is 0 Å². The molecule has 1 unspecified atom stereocenters. The van der Waals surface area contributed by atoms with Crippen LogP contribution in [0.1, 0.15) is 31.2 Å². The number of ether oxygens (including phenoxy) is 1. The topological polar surface area (TPSA) is 58.1 Å². The molecule has 1 saturated heterocycles. The molecule has 0 radical (unpaired) electrons. The molecule has 14 heavy (non-hydrogen) atoms. The molecule has 1 fully saturated rings. The van der Waals surface area contributed by atoms with Crippen molar-refractivity contribution in [3.63, 3.8) is 0 Å². The second-order valence-corrected chi connectivity index (χ2v) is 3.78. The third-order valence-corrected chi connectivity index (χ3v) is 2.73. The van der Waals surface area contributed by atoms with Gasteiger partial charge in [-0.15, -0.1) is 0 Å². The number of rotatable bonds is 3. The standard InChI is InChI=1S/C10H16N2O2/c13-9(10-11-3-4-12-10)7-8-1-5-14-6-2-8/h3-4,8-9,13H,1-2,5-7H2,(H,11,12). The first-order valence-electron chi connectivity index (χ1n) is 5.11. The van der Waals surface area contributed by atoms with Gasteiger partial charge in [0.25, 0.3) is 0 Å². The minimum atomic E-state index is -0.451. The quantitative estimate of drug-likeness (QED) is 0.765. The Hall–Kier alpha value is -0.870. The van der Waals surface area contributed by atoms with Crippen molar-refractivity contribution in [1.29, 1.82) is 0 Å². The second kappa shape index (κ2) is 4.57. The SMILES string of the molecule is OC(CC1CCOCC1)c1ncc[nH]1. The smallest absolute Gasteiger partial charge is 0.135 e. The first-order valence-corrected chi connectivity index (χ1v) is 5.11. The highest BCUT2D eigenvalue weighted by Crippen LogP contribution is 2.25. The first kappa shape index (κ1) is 9.68. The summed E-state index contributed by atoms with van der Waals surface area (Å²) in [4.78, 5) is 6.98. The Kier molecular flexibility index (Phi) is 3.16. The van der Waals surface area contributed by atoms with Crippen molar-refractivity contribution >= 4 is 0 Å². The van der Waals surface area contributed by atoms with Gasteiger partial charge in [0.1, 0.15) is 11.9 Å². The summed E-state index contributed by atoms with van der Waals surface area (Å²) in [5.41, 5.74) is 0. The average molecular weight is 196 g/mol. The van der Waals surface area contributed by atoms with E-state index in [0.29, 0.717) is 11.7 Å². The van der Waals surface area contributed by atoms with Gasteiger partial charge in [0.2, 0.25) is 0 Å². The number of nitrogens with one attached hydrogen (secondary N) is 1. The summed E-state index contributed by atoms with van der Waals surface area (Å²) in [5.74, 6) is 1.25. The minimum absolute atomic E-state index is 0.451. The van der Waals surface area contributed by atoms with E-state index < -0.39 is 6.10 Å². The van der Waals surface area contributed by atoms with Crippen molar-refractivity contribution in [2.45, 2.75) is 25.4 Å². The zero-order valence-electron chi connectivity index (χ0n) is 8.15. The van der Waals surface area contributed by atoms with E-state index in [-0.39, 0.29) is 0 Å². The first-order chi connectivity index (χ1) is 6.86. The third kappa shape index (κ3) is 2.33. The van der Waals surface area contributed by atoms with Crippen LogP contribution in [0, 0.1) is 5.92 Å². The predicted molar refractivity (Wildman–Crippen MR) is 51.7 cm³/mol. The molecule has 0 aromatic carbocycles. The molecule has 0 aliphatic carbocycles. The van der Waals surface area contributed by atoms with Crippen LogP contribution in [-0.2, 0) is 4.74 Å². The summed E-state index contributed by atoms with van der Waals surface area (Å²) in [6.45, 7) is 1.66. The Morgan fingerprint density at radius 2 is 2.36 bits per heavy atom. The van der Waals surface area contributed by atoms with Gasteiger partial charge in [-0.2, -0.15) is 0 Å². The van der Waals surface area contributed by atoms with Gasteiger partial charge < -0.3 is 14.8 Å². The fraction of sp³-hybridized carbons (Fsp3) is 0.700. The van der Waals surface area contributed by atoms with Crippen molar-refractivity contribution in [1.82, 2.24) is 9.97 Å². The van der Waals surface area contributed by atoms with Crippen LogP contribution in [0.25, 0.3) is 0 Å². The van der Waals surface area contributed by atoms with Crippen LogP contribution in [-0.4, -0.2) is 28.3 Å². The molecule has 0 spiro atoms. The monoisotopic (exact) mass is 196 g/mol. The third-order valence-electron chi connectivity index (χ3n) is 2.73. The molecule has 2 rings (SSSR count). The van der Waals surface area contributed by atoms with Gasteiger partial charge in [-0.05, 0) is 25.2 Å². The lowest BCUT2D eigenvalue weighted by Gasteiger charge is -2.23. The van der Waals surface area contributed by atoms with E-state index in [1.165, 1.54) is 0 Å². The van der Waals surface area contributed by atoms with E-state index in [9.17, 15) is 5.11 Å². The van der Waals surface area contributed by atoms with Gasteiger partial charge in [0.05, 0.1) is 0 Å². The number of aliphatic hydroxyl groups is 1. The minimum Gasteiger partial charge on any atom is -0.385 e. The van der Waals surface area contributed by atoms with E-state index in [2.05, 4.69) is 9.97 Å². The second-order valence-electron chi connectivity index (χ2n) is 3.78. The van der Waals surface area contributed by atoms with Crippen molar-refractivity contribution in [2.75, 3.05) is 13.2 Å². The molecule has 1 aromatic rings. The number of imidazole rings is 1. The van der Waals surface area contributed by atoms with Gasteiger partial charge >= 0.3 is 0 Å². The fourth-order valence-electron chi connectivity index (χ4n) is 1.87. The number of aromatic nitrogens is 2. The van der Waals surface area contributed by atoms with Crippen LogP contribution in [0.5, 0.6) is 0 Å². The van der Waals surface area contributed by atoms with Crippen LogP contribution in [0.2, 0.25) is 0 Å².